The summed E-state index contributed by atoms with van der Waals surface area (Å²) in [5.74, 6) is 1.21. The van der Waals surface area contributed by atoms with Crippen molar-refractivity contribution < 1.29 is 18.0 Å². The molecule has 4 nitrogen and oxygen atoms in total. The summed E-state index contributed by atoms with van der Waals surface area (Å²) in [4.78, 5) is 18.1. The zero-order valence-electron chi connectivity index (χ0n) is 15.9. The second-order valence-corrected chi connectivity index (χ2v) is 8.28. The first kappa shape index (κ1) is 21.2. The predicted octanol–water partition coefficient (Wildman–Crippen LogP) is 5.06. The number of aromatic nitrogens is 1. The summed E-state index contributed by atoms with van der Waals surface area (Å²) in [5.41, 5.74) is -0.854. The van der Waals surface area contributed by atoms with Crippen LogP contribution in [0.2, 0.25) is 5.02 Å². The summed E-state index contributed by atoms with van der Waals surface area (Å²) in [7, 11) is 0. The highest BCUT2D eigenvalue weighted by Gasteiger charge is 2.33. The molecule has 2 aliphatic rings. The van der Waals surface area contributed by atoms with Crippen LogP contribution in [0.15, 0.2) is 12.3 Å². The molecule has 0 radical (unpaired) electrons. The van der Waals surface area contributed by atoms with Crippen molar-refractivity contribution in [1.29, 1.82) is 0 Å². The average Bonchev–Trinajstić information content (AvgIpc) is 3.18. The van der Waals surface area contributed by atoms with Gasteiger partial charge in [0.1, 0.15) is 5.82 Å². The van der Waals surface area contributed by atoms with Crippen molar-refractivity contribution in [1.82, 2.24) is 10.3 Å². The molecule has 1 saturated carbocycles. The van der Waals surface area contributed by atoms with Crippen LogP contribution in [-0.4, -0.2) is 30.5 Å². The minimum atomic E-state index is -4.46. The molecule has 0 aromatic carbocycles. The molecule has 2 heterocycles. The van der Waals surface area contributed by atoms with E-state index in [1.807, 2.05) is 4.90 Å². The number of carbonyl (C=O) groups is 1. The van der Waals surface area contributed by atoms with Crippen LogP contribution in [0, 0.1) is 11.8 Å². The lowest BCUT2D eigenvalue weighted by Crippen LogP contribution is -2.41. The monoisotopic (exact) mass is 417 g/mol. The quantitative estimate of drug-likeness (QED) is 0.658. The summed E-state index contributed by atoms with van der Waals surface area (Å²) in [6, 6.07) is 0.910. The molecule has 28 heavy (non-hydrogen) atoms. The Labute approximate surface area is 168 Å². The van der Waals surface area contributed by atoms with Gasteiger partial charge in [0.05, 0.1) is 10.6 Å². The Bertz CT molecular complexity index is 669. The normalized spacial score (nSPS) is 19.2. The Balaban J connectivity index is 1.43. The van der Waals surface area contributed by atoms with E-state index in [9.17, 15) is 18.0 Å². The summed E-state index contributed by atoms with van der Waals surface area (Å²) in [6.45, 7) is 1.83. The molecule has 3 rings (SSSR count). The fourth-order valence-electron chi connectivity index (χ4n) is 4.22. The second kappa shape index (κ2) is 9.33. The molecule has 156 valence electrons. The minimum Gasteiger partial charge on any atom is -0.356 e. The zero-order chi connectivity index (χ0) is 20.1. The lowest BCUT2D eigenvalue weighted by molar-refractivity contribution is -0.137. The van der Waals surface area contributed by atoms with Crippen LogP contribution in [-0.2, 0) is 11.0 Å². The van der Waals surface area contributed by atoms with Gasteiger partial charge in [-0.2, -0.15) is 13.2 Å². The van der Waals surface area contributed by atoms with E-state index < -0.39 is 11.7 Å². The summed E-state index contributed by atoms with van der Waals surface area (Å²) >= 11 is 6.02. The Morgan fingerprint density at radius 3 is 2.50 bits per heavy atom. The van der Waals surface area contributed by atoms with E-state index in [2.05, 4.69) is 10.3 Å². The first-order chi connectivity index (χ1) is 13.3. The molecule has 8 heteroatoms. The Kier molecular flexibility index (Phi) is 7.07. The number of pyridine rings is 1. The van der Waals surface area contributed by atoms with Gasteiger partial charge in [-0.15, -0.1) is 0 Å². The molecule has 0 atom stereocenters. The number of anilines is 1. The first-order valence-corrected chi connectivity index (χ1v) is 10.5. The molecule has 1 amide bonds. The van der Waals surface area contributed by atoms with Crippen LogP contribution in [0.1, 0.15) is 56.9 Å². The van der Waals surface area contributed by atoms with Crippen LogP contribution in [0.4, 0.5) is 19.0 Å². The molecule has 0 bridgehead atoms. The number of halogens is 4. The molecule has 0 unspecified atom stereocenters. The van der Waals surface area contributed by atoms with Gasteiger partial charge in [0, 0.05) is 31.7 Å². The SMILES string of the molecule is O=C(NCCCC1CCCC1)C1CCN(c2ncc(C(F)(F)F)cc2Cl)CC1. The van der Waals surface area contributed by atoms with Gasteiger partial charge in [-0.05, 0) is 37.7 Å². The highest BCUT2D eigenvalue weighted by Crippen LogP contribution is 2.34. The number of hydrogen-bond acceptors (Lipinski definition) is 3. The van der Waals surface area contributed by atoms with Crippen molar-refractivity contribution in [3.05, 3.63) is 22.8 Å². The van der Waals surface area contributed by atoms with Crippen molar-refractivity contribution in [2.24, 2.45) is 11.8 Å². The number of nitrogens with zero attached hydrogens (tertiary/aromatic N) is 2. The third-order valence-corrected chi connectivity index (χ3v) is 6.16. The number of rotatable bonds is 6. The van der Waals surface area contributed by atoms with E-state index in [1.54, 1.807) is 0 Å². The van der Waals surface area contributed by atoms with Crippen molar-refractivity contribution in [3.63, 3.8) is 0 Å². The van der Waals surface area contributed by atoms with E-state index in [1.165, 1.54) is 32.1 Å². The highest BCUT2D eigenvalue weighted by molar-refractivity contribution is 6.33. The Morgan fingerprint density at radius 2 is 1.89 bits per heavy atom. The fourth-order valence-corrected chi connectivity index (χ4v) is 4.50. The lowest BCUT2D eigenvalue weighted by Gasteiger charge is -2.32. The Hall–Kier alpha value is -1.50. The molecular weight excluding hydrogens is 391 g/mol. The molecular formula is C20H27ClF3N3O. The summed E-state index contributed by atoms with van der Waals surface area (Å²) in [6.07, 6.45) is 5.20. The predicted molar refractivity (Wildman–Crippen MR) is 103 cm³/mol. The summed E-state index contributed by atoms with van der Waals surface area (Å²) in [5, 5.41) is 3.03. The molecule has 1 saturated heterocycles. The minimum absolute atomic E-state index is 0.00959. The lowest BCUT2D eigenvalue weighted by atomic mass is 9.95. The number of amides is 1. The maximum absolute atomic E-state index is 12.7. The van der Waals surface area contributed by atoms with Gasteiger partial charge < -0.3 is 10.2 Å². The van der Waals surface area contributed by atoms with Crippen molar-refractivity contribution in [2.75, 3.05) is 24.5 Å². The van der Waals surface area contributed by atoms with Crippen LogP contribution in [0.25, 0.3) is 0 Å². The van der Waals surface area contributed by atoms with E-state index in [4.69, 9.17) is 11.6 Å². The number of carbonyl (C=O) groups excluding carboxylic acids is 1. The summed E-state index contributed by atoms with van der Waals surface area (Å²) < 4.78 is 38.2. The average molecular weight is 418 g/mol. The number of nitrogens with one attached hydrogen (secondary N) is 1. The van der Waals surface area contributed by atoms with Gasteiger partial charge >= 0.3 is 6.18 Å². The van der Waals surface area contributed by atoms with E-state index in [0.29, 0.717) is 31.7 Å². The number of alkyl halides is 3. The van der Waals surface area contributed by atoms with E-state index >= 15 is 0 Å². The van der Waals surface area contributed by atoms with Gasteiger partial charge in [0.15, 0.2) is 0 Å². The van der Waals surface area contributed by atoms with Crippen LogP contribution in [0.3, 0.4) is 0 Å². The zero-order valence-corrected chi connectivity index (χ0v) is 16.7. The van der Waals surface area contributed by atoms with Crippen molar-refractivity contribution >= 4 is 23.3 Å². The number of hydrogen-bond donors (Lipinski definition) is 1. The number of piperidine rings is 1. The van der Waals surface area contributed by atoms with Gasteiger partial charge in [0.25, 0.3) is 0 Å². The maximum Gasteiger partial charge on any atom is 0.417 e. The molecule has 1 N–H and O–H groups in total. The molecule has 2 fully saturated rings. The highest BCUT2D eigenvalue weighted by atomic mass is 35.5. The Morgan fingerprint density at radius 1 is 1.21 bits per heavy atom. The third kappa shape index (κ3) is 5.52. The molecule has 1 aromatic heterocycles. The first-order valence-electron chi connectivity index (χ1n) is 10.1. The van der Waals surface area contributed by atoms with Crippen LogP contribution < -0.4 is 10.2 Å². The standard InChI is InChI=1S/C20H27ClF3N3O/c21-17-12-16(20(22,23)24)13-26-18(17)27-10-7-15(8-11-27)19(28)25-9-3-6-14-4-1-2-5-14/h12-15H,1-11H2,(H,25,28). The fraction of sp³-hybridized carbons (Fsp3) is 0.700. The van der Waals surface area contributed by atoms with Gasteiger partial charge in [0.2, 0.25) is 5.91 Å². The van der Waals surface area contributed by atoms with Gasteiger partial charge in [-0.25, -0.2) is 4.98 Å². The van der Waals surface area contributed by atoms with Crippen molar-refractivity contribution in [2.45, 2.75) is 57.5 Å². The van der Waals surface area contributed by atoms with E-state index in [-0.39, 0.29) is 16.8 Å². The van der Waals surface area contributed by atoms with Crippen LogP contribution >= 0.6 is 11.6 Å². The smallest absolute Gasteiger partial charge is 0.356 e. The topological polar surface area (TPSA) is 45.2 Å². The maximum atomic E-state index is 12.7. The van der Waals surface area contributed by atoms with Crippen molar-refractivity contribution in [3.8, 4) is 0 Å². The molecule has 0 spiro atoms. The van der Waals surface area contributed by atoms with Gasteiger partial charge in [-0.3, -0.25) is 4.79 Å². The van der Waals surface area contributed by atoms with Gasteiger partial charge in [-0.1, -0.05) is 37.3 Å². The second-order valence-electron chi connectivity index (χ2n) is 7.87. The molecule has 1 aliphatic heterocycles. The van der Waals surface area contributed by atoms with E-state index in [0.717, 1.165) is 31.1 Å². The largest absolute Gasteiger partial charge is 0.417 e. The third-order valence-electron chi connectivity index (χ3n) is 5.88. The molecule has 1 aromatic rings. The molecule has 1 aliphatic carbocycles. The van der Waals surface area contributed by atoms with Crippen LogP contribution in [0.5, 0.6) is 0 Å².